The standard InChI is InChI=1S/C20H19NO5S2/c1-25-17-10-8-16(9-11-17)21(14-15-6-4-3-5-7-15)28(23,24)18-12-13-27-19(18)20(22)26-2/h3-13H,14H2,1-2H3. The number of rotatable bonds is 7. The monoisotopic (exact) mass is 417 g/mol. The molecule has 0 bridgehead atoms. The average molecular weight is 418 g/mol. The number of thiophene rings is 1. The van der Waals surface area contributed by atoms with Gasteiger partial charge in [0.15, 0.2) is 0 Å². The molecular weight excluding hydrogens is 398 g/mol. The van der Waals surface area contributed by atoms with Crippen molar-refractivity contribution < 1.29 is 22.7 Å². The van der Waals surface area contributed by atoms with Gasteiger partial charge in [0.2, 0.25) is 0 Å². The highest BCUT2D eigenvalue weighted by molar-refractivity contribution is 7.93. The highest BCUT2D eigenvalue weighted by atomic mass is 32.2. The minimum absolute atomic E-state index is 0.0501. The Kier molecular flexibility index (Phi) is 6.01. The molecule has 0 fully saturated rings. The first-order chi connectivity index (χ1) is 13.5. The molecule has 146 valence electrons. The Bertz CT molecular complexity index is 1040. The van der Waals surface area contributed by atoms with E-state index in [9.17, 15) is 13.2 Å². The third kappa shape index (κ3) is 4.02. The summed E-state index contributed by atoms with van der Waals surface area (Å²) in [7, 11) is -1.24. The van der Waals surface area contributed by atoms with E-state index in [1.165, 1.54) is 17.5 Å². The first-order valence-electron chi connectivity index (χ1n) is 8.34. The molecule has 8 heteroatoms. The zero-order valence-electron chi connectivity index (χ0n) is 15.4. The summed E-state index contributed by atoms with van der Waals surface area (Å²) in [4.78, 5) is 12.0. The molecule has 3 aromatic rings. The van der Waals surface area contributed by atoms with Gasteiger partial charge in [-0.15, -0.1) is 11.3 Å². The predicted octanol–water partition coefficient (Wildman–Crippen LogP) is 3.94. The SMILES string of the molecule is COC(=O)c1sccc1S(=O)(=O)N(Cc1ccccc1)c1ccc(OC)cc1. The number of carbonyl (C=O) groups is 1. The Morgan fingerprint density at radius 2 is 1.68 bits per heavy atom. The third-order valence-corrected chi connectivity index (χ3v) is 6.94. The normalized spacial score (nSPS) is 11.1. The fourth-order valence-electron chi connectivity index (χ4n) is 2.67. The van der Waals surface area contributed by atoms with Crippen molar-refractivity contribution in [3.05, 3.63) is 76.5 Å². The van der Waals surface area contributed by atoms with Crippen LogP contribution >= 0.6 is 11.3 Å². The topological polar surface area (TPSA) is 72.9 Å². The average Bonchev–Trinajstić information content (AvgIpc) is 3.23. The van der Waals surface area contributed by atoms with E-state index >= 15 is 0 Å². The number of anilines is 1. The summed E-state index contributed by atoms with van der Waals surface area (Å²) in [5.41, 5.74) is 1.28. The summed E-state index contributed by atoms with van der Waals surface area (Å²) in [6.45, 7) is 0.117. The Labute approximate surface area is 168 Å². The van der Waals surface area contributed by atoms with Crippen molar-refractivity contribution in [3.63, 3.8) is 0 Å². The van der Waals surface area contributed by atoms with Crippen LogP contribution in [0, 0.1) is 0 Å². The van der Waals surface area contributed by atoms with Crippen molar-refractivity contribution in [3.8, 4) is 5.75 Å². The van der Waals surface area contributed by atoms with Crippen LogP contribution < -0.4 is 9.04 Å². The van der Waals surface area contributed by atoms with Crippen molar-refractivity contribution >= 4 is 33.0 Å². The van der Waals surface area contributed by atoms with E-state index < -0.39 is 16.0 Å². The first kappa shape index (κ1) is 19.9. The fourth-order valence-corrected chi connectivity index (χ4v) is 5.44. The van der Waals surface area contributed by atoms with E-state index in [1.54, 1.807) is 36.8 Å². The van der Waals surface area contributed by atoms with Gasteiger partial charge < -0.3 is 9.47 Å². The predicted molar refractivity (Wildman–Crippen MR) is 108 cm³/mol. The quantitative estimate of drug-likeness (QED) is 0.545. The van der Waals surface area contributed by atoms with Gasteiger partial charge in [-0.25, -0.2) is 13.2 Å². The van der Waals surface area contributed by atoms with Crippen molar-refractivity contribution in [2.75, 3.05) is 18.5 Å². The van der Waals surface area contributed by atoms with Gasteiger partial charge in [-0.05, 0) is 41.3 Å². The van der Waals surface area contributed by atoms with Crippen LogP contribution in [0.15, 0.2) is 70.9 Å². The molecule has 3 rings (SSSR count). The molecule has 0 aliphatic carbocycles. The van der Waals surface area contributed by atoms with Crippen molar-refractivity contribution in [2.45, 2.75) is 11.4 Å². The maximum Gasteiger partial charge on any atom is 0.349 e. The Hall–Kier alpha value is -2.84. The van der Waals surface area contributed by atoms with E-state index in [0.717, 1.165) is 16.9 Å². The number of benzene rings is 2. The Morgan fingerprint density at radius 1 is 1.00 bits per heavy atom. The molecule has 0 aliphatic rings. The lowest BCUT2D eigenvalue weighted by Crippen LogP contribution is -2.31. The van der Waals surface area contributed by atoms with Crippen LogP contribution in [0.4, 0.5) is 5.69 Å². The molecule has 6 nitrogen and oxygen atoms in total. The van der Waals surface area contributed by atoms with Gasteiger partial charge in [0.25, 0.3) is 10.0 Å². The molecule has 2 aromatic carbocycles. The molecule has 0 N–H and O–H groups in total. The van der Waals surface area contributed by atoms with Gasteiger partial charge in [-0.1, -0.05) is 30.3 Å². The molecule has 1 aromatic heterocycles. The minimum atomic E-state index is -4.01. The lowest BCUT2D eigenvalue weighted by molar-refractivity contribution is 0.0602. The summed E-state index contributed by atoms with van der Waals surface area (Å²) in [6, 6.07) is 17.4. The lowest BCUT2D eigenvalue weighted by Gasteiger charge is -2.25. The van der Waals surface area contributed by atoms with E-state index in [2.05, 4.69) is 0 Å². The molecule has 1 heterocycles. The van der Waals surface area contributed by atoms with Crippen molar-refractivity contribution in [2.24, 2.45) is 0 Å². The second-order valence-corrected chi connectivity index (χ2v) is 8.55. The third-order valence-electron chi connectivity index (χ3n) is 4.10. The van der Waals surface area contributed by atoms with Crippen molar-refractivity contribution in [1.29, 1.82) is 0 Å². The summed E-state index contributed by atoms with van der Waals surface area (Å²) < 4.78 is 38.1. The van der Waals surface area contributed by atoms with Gasteiger partial charge in [0.1, 0.15) is 15.5 Å². The highest BCUT2D eigenvalue weighted by Gasteiger charge is 2.31. The summed E-state index contributed by atoms with van der Waals surface area (Å²) in [5.74, 6) is -0.0606. The van der Waals surface area contributed by atoms with Crippen LogP contribution in [0.5, 0.6) is 5.75 Å². The fraction of sp³-hybridized carbons (Fsp3) is 0.150. The molecule has 0 aliphatic heterocycles. The molecule has 0 atom stereocenters. The number of methoxy groups -OCH3 is 2. The molecule has 28 heavy (non-hydrogen) atoms. The molecular formula is C20H19NO5S2. The molecule has 0 radical (unpaired) electrons. The minimum Gasteiger partial charge on any atom is -0.497 e. The Morgan fingerprint density at radius 3 is 2.29 bits per heavy atom. The number of ether oxygens (including phenoxy) is 2. The van der Waals surface area contributed by atoms with E-state index in [-0.39, 0.29) is 16.3 Å². The van der Waals surface area contributed by atoms with Crippen molar-refractivity contribution in [1.82, 2.24) is 0 Å². The van der Waals surface area contributed by atoms with Crippen LogP contribution in [0.2, 0.25) is 0 Å². The summed E-state index contributed by atoms with van der Waals surface area (Å²) in [6.07, 6.45) is 0. The van der Waals surface area contributed by atoms with Crippen LogP contribution in [0.1, 0.15) is 15.2 Å². The van der Waals surface area contributed by atoms with Crippen LogP contribution in [-0.2, 0) is 21.3 Å². The smallest absolute Gasteiger partial charge is 0.349 e. The van der Waals surface area contributed by atoms with Crippen LogP contribution in [-0.4, -0.2) is 28.6 Å². The maximum atomic E-state index is 13.5. The molecule has 0 spiro atoms. The zero-order chi connectivity index (χ0) is 20.1. The number of hydrogen-bond acceptors (Lipinski definition) is 6. The second-order valence-electron chi connectivity index (χ2n) is 5.80. The van der Waals surface area contributed by atoms with Crippen LogP contribution in [0.3, 0.4) is 0 Å². The number of carbonyl (C=O) groups excluding carboxylic acids is 1. The van der Waals surface area contributed by atoms with Gasteiger partial charge >= 0.3 is 5.97 Å². The summed E-state index contributed by atoms with van der Waals surface area (Å²) >= 11 is 1.03. The summed E-state index contributed by atoms with van der Waals surface area (Å²) in [5, 5.41) is 1.56. The van der Waals surface area contributed by atoms with E-state index in [4.69, 9.17) is 9.47 Å². The number of hydrogen-bond donors (Lipinski definition) is 0. The van der Waals surface area contributed by atoms with Gasteiger partial charge in [0.05, 0.1) is 26.5 Å². The maximum absolute atomic E-state index is 13.5. The second kappa shape index (κ2) is 8.45. The molecule has 0 saturated carbocycles. The van der Waals surface area contributed by atoms with Gasteiger partial charge in [0, 0.05) is 0 Å². The number of nitrogens with zero attached hydrogens (tertiary/aromatic N) is 1. The Balaban J connectivity index is 2.09. The van der Waals surface area contributed by atoms with E-state index in [0.29, 0.717) is 11.4 Å². The largest absolute Gasteiger partial charge is 0.497 e. The number of sulfonamides is 1. The van der Waals surface area contributed by atoms with E-state index in [1.807, 2.05) is 30.3 Å². The van der Waals surface area contributed by atoms with Crippen LogP contribution in [0.25, 0.3) is 0 Å². The van der Waals surface area contributed by atoms with Gasteiger partial charge in [-0.3, -0.25) is 4.31 Å². The molecule has 0 unspecified atom stereocenters. The highest BCUT2D eigenvalue weighted by Crippen LogP contribution is 2.31. The lowest BCUT2D eigenvalue weighted by atomic mass is 10.2. The molecule has 0 saturated heterocycles. The molecule has 0 amide bonds. The zero-order valence-corrected chi connectivity index (χ0v) is 17.0. The first-order valence-corrected chi connectivity index (χ1v) is 10.7. The van der Waals surface area contributed by atoms with Gasteiger partial charge in [-0.2, -0.15) is 0 Å². The number of esters is 1.